The van der Waals surface area contributed by atoms with E-state index < -0.39 is 73.1 Å². The van der Waals surface area contributed by atoms with Crippen LogP contribution in [-0.2, 0) is 24.0 Å². The Morgan fingerprint density at radius 2 is 1.69 bits per heavy atom. The molecule has 32 heavy (non-hydrogen) atoms. The van der Waals surface area contributed by atoms with Crippen molar-refractivity contribution in [2.75, 3.05) is 13.2 Å². The monoisotopic (exact) mass is 471 g/mol. The molecule has 3 rings (SSSR count). The van der Waals surface area contributed by atoms with E-state index in [9.17, 15) is 41.2 Å². The lowest BCUT2D eigenvalue weighted by molar-refractivity contribution is -0.484. The number of aliphatic hydroxyl groups is 6. The van der Waals surface area contributed by atoms with E-state index in [0.29, 0.717) is 19.3 Å². The van der Waals surface area contributed by atoms with Crippen LogP contribution >= 0.6 is 0 Å². The molecule has 3 aliphatic rings. The smallest absolute Gasteiger partial charge is 0.256 e. The summed E-state index contributed by atoms with van der Waals surface area (Å²) in [7, 11) is 0. The quantitative estimate of drug-likeness (QED) is 0.100. The fraction of sp³-hybridized carbons (Fsp3) is 1.00. The van der Waals surface area contributed by atoms with Crippen LogP contribution in [0.15, 0.2) is 0 Å². The van der Waals surface area contributed by atoms with Gasteiger partial charge in [0.1, 0.15) is 30.0 Å². The van der Waals surface area contributed by atoms with Gasteiger partial charge < -0.3 is 44.8 Å². The summed E-state index contributed by atoms with van der Waals surface area (Å²) < 4.78 is 16.9. The molecular weight excluding hydrogens is 438 g/mol. The lowest BCUT2D eigenvalue weighted by atomic mass is 9.75. The molecule has 1 aliphatic carbocycles. The molecule has 0 spiro atoms. The first-order valence-corrected chi connectivity index (χ1v) is 10.4. The maximum absolute atomic E-state index is 10.6. The Balaban J connectivity index is 2.00. The highest BCUT2D eigenvalue weighted by Gasteiger charge is 2.66. The first-order chi connectivity index (χ1) is 15.1. The molecule has 14 heteroatoms. The third-order valence-corrected chi connectivity index (χ3v) is 6.90. The fourth-order valence-corrected chi connectivity index (χ4v) is 5.05. The number of aliphatic hydroxyl groups excluding tert-OH is 5. The summed E-state index contributed by atoms with van der Waals surface area (Å²) in [5.41, 5.74) is 3.89. The molecule has 12 atom stereocenters. The molecule has 3 fully saturated rings. The van der Waals surface area contributed by atoms with Gasteiger partial charge >= 0.3 is 0 Å². The van der Waals surface area contributed by atoms with Crippen LogP contribution < -0.4 is 5.73 Å². The number of nitrogens with two attached hydrogens (primary N) is 1. The Morgan fingerprint density at radius 3 is 2.22 bits per heavy atom. The van der Waals surface area contributed by atoms with Gasteiger partial charge in [0.15, 0.2) is 18.5 Å². The molecule has 10 N–H and O–H groups in total. The van der Waals surface area contributed by atoms with E-state index in [0.717, 1.165) is 0 Å². The number of hydrogen-bond acceptors (Lipinski definition) is 14. The van der Waals surface area contributed by atoms with Gasteiger partial charge in [-0.15, -0.1) is 0 Å². The molecule has 0 radical (unpaired) electrons. The van der Waals surface area contributed by atoms with Crippen LogP contribution in [0, 0.1) is 11.8 Å². The summed E-state index contributed by atoms with van der Waals surface area (Å²) in [6.07, 6.45) is -11.4. The highest BCUT2D eigenvalue weighted by molar-refractivity contribution is 5.09. The normalized spacial score (nSPS) is 52.3. The zero-order valence-corrected chi connectivity index (χ0v) is 17.5. The molecule has 0 bridgehead atoms. The highest BCUT2D eigenvalue weighted by Crippen LogP contribution is 2.48. The molecule has 0 aromatic heterocycles. The molecule has 2 saturated heterocycles. The zero-order valence-electron chi connectivity index (χ0n) is 17.5. The van der Waals surface area contributed by atoms with Gasteiger partial charge in [-0.3, -0.25) is 16.2 Å². The molecule has 2 heterocycles. The summed E-state index contributed by atoms with van der Waals surface area (Å²) in [4.78, 5) is 8.60. The van der Waals surface area contributed by atoms with Crippen molar-refractivity contribution < 1.29 is 65.1 Å². The van der Waals surface area contributed by atoms with Gasteiger partial charge in [0.05, 0.1) is 12.7 Å². The minimum atomic E-state index is -2.75. The second kappa shape index (κ2) is 9.97. The average molecular weight is 471 g/mol. The number of hydrogen-bond donors (Lipinski definition) is 9. The number of ether oxygens (including phenoxy) is 3. The maximum atomic E-state index is 10.6. The van der Waals surface area contributed by atoms with Crippen molar-refractivity contribution in [3.05, 3.63) is 0 Å². The van der Waals surface area contributed by atoms with Crippen LogP contribution in [0.4, 0.5) is 0 Å². The van der Waals surface area contributed by atoms with E-state index in [4.69, 9.17) is 19.9 Å². The zero-order chi connectivity index (χ0) is 23.8. The van der Waals surface area contributed by atoms with Gasteiger partial charge in [-0.25, -0.2) is 9.78 Å². The number of rotatable bonds is 7. The standard InChI is InChI=1S/C18H33NO13/c1-7-10(22)11(23)12(24)16(28-7)29-14-13(30-26)15(31-27)18(19,25)32-17(14,6-21)9-3-2-8(4-9)5-20/h7-16,20-27H,2-6,19H2,1H3/t7?,8?,9?,10?,11?,12?,13-,14-,15+,16?,17+,18-/m1/s1. The van der Waals surface area contributed by atoms with Gasteiger partial charge in [-0.05, 0) is 38.0 Å². The van der Waals surface area contributed by atoms with E-state index in [1.165, 1.54) is 6.92 Å². The van der Waals surface area contributed by atoms with E-state index in [1.54, 1.807) is 0 Å². The maximum Gasteiger partial charge on any atom is 0.256 e. The van der Waals surface area contributed by atoms with E-state index in [1.807, 2.05) is 0 Å². The predicted molar refractivity (Wildman–Crippen MR) is 100 cm³/mol. The Morgan fingerprint density at radius 1 is 1.00 bits per heavy atom. The van der Waals surface area contributed by atoms with Crippen LogP contribution in [0.3, 0.4) is 0 Å². The average Bonchev–Trinajstić information content (AvgIpc) is 3.25. The molecule has 0 amide bonds. The third-order valence-electron chi connectivity index (χ3n) is 6.90. The molecule has 2 aliphatic heterocycles. The van der Waals surface area contributed by atoms with Crippen LogP contribution in [0.5, 0.6) is 0 Å². The molecule has 188 valence electrons. The molecule has 0 aromatic rings. The second-order valence-electron chi connectivity index (χ2n) is 8.86. The van der Waals surface area contributed by atoms with Crippen LogP contribution in [-0.4, -0.2) is 115 Å². The summed E-state index contributed by atoms with van der Waals surface area (Å²) in [6.45, 7) is 0.472. The van der Waals surface area contributed by atoms with Gasteiger partial charge in [-0.2, -0.15) is 0 Å². The summed E-state index contributed by atoms with van der Waals surface area (Å²) in [6, 6.07) is 0. The molecule has 14 nitrogen and oxygen atoms in total. The van der Waals surface area contributed by atoms with Crippen LogP contribution in [0.2, 0.25) is 0 Å². The van der Waals surface area contributed by atoms with E-state index in [-0.39, 0.29) is 12.5 Å². The Bertz CT molecular complexity index is 626. The Labute approximate surface area is 183 Å². The lowest BCUT2D eigenvalue weighted by Gasteiger charge is -2.55. The second-order valence-corrected chi connectivity index (χ2v) is 8.86. The van der Waals surface area contributed by atoms with Crippen molar-refractivity contribution in [1.29, 1.82) is 0 Å². The van der Waals surface area contributed by atoms with Crippen LogP contribution in [0.25, 0.3) is 0 Å². The minimum absolute atomic E-state index is 0.134. The van der Waals surface area contributed by atoms with Crippen molar-refractivity contribution in [2.24, 2.45) is 17.6 Å². The Kier molecular flexibility index (Phi) is 8.12. The summed E-state index contributed by atoms with van der Waals surface area (Å²) in [5, 5.41) is 79.8. The summed E-state index contributed by atoms with van der Waals surface area (Å²) in [5.74, 6) is -3.49. The first kappa shape index (κ1) is 26.1. The molecule has 1 saturated carbocycles. The van der Waals surface area contributed by atoms with Crippen molar-refractivity contribution in [3.8, 4) is 0 Å². The van der Waals surface area contributed by atoms with E-state index in [2.05, 4.69) is 9.78 Å². The largest absolute Gasteiger partial charge is 0.396 e. The minimum Gasteiger partial charge on any atom is -0.396 e. The third kappa shape index (κ3) is 4.42. The molecule has 0 aromatic carbocycles. The SMILES string of the molecule is CC1OC(O[C@@H]2[C@@H](OO)[C@H](OO)[C@@](N)(O)O[C@@]2(CO)C2CCC(CO)C2)C(O)C(O)C1O. The van der Waals surface area contributed by atoms with Gasteiger partial charge in [-0.1, -0.05) is 0 Å². The molecular formula is C18H33NO13. The summed E-state index contributed by atoms with van der Waals surface area (Å²) >= 11 is 0. The predicted octanol–water partition coefficient (Wildman–Crippen LogP) is -3.31. The molecule has 7 unspecified atom stereocenters. The highest BCUT2D eigenvalue weighted by atomic mass is 17.1. The van der Waals surface area contributed by atoms with E-state index >= 15 is 0 Å². The van der Waals surface area contributed by atoms with Crippen molar-refractivity contribution in [2.45, 2.75) is 86.7 Å². The van der Waals surface area contributed by atoms with Gasteiger partial charge in [0.2, 0.25) is 0 Å². The fourth-order valence-electron chi connectivity index (χ4n) is 5.05. The Hall–Kier alpha value is -0.560. The lowest BCUT2D eigenvalue weighted by Crippen LogP contribution is -2.77. The van der Waals surface area contributed by atoms with Crippen molar-refractivity contribution >= 4 is 0 Å². The topological polar surface area (TPSA) is 234 Å². The first-order valence-electron chi connectivity index (χ1n) is 10.4. The van der Waals surface area contributed by atoms with Crippen molar-refractivity contribution in [3.63, 3.8) is 0 Å². The van der Waals surface area contributed by atoms with Gasteiger partial charge in [0.25, 0.3) is 5.91 Å². The van der Waals surface area contributed by atoms with Crippen molar-refractivity contribution in [1.82, 2.24) is 0 Å². The van der Waals surface area contributed by atoms with Crippen LogP contribution in [0.1, 0.15) is 26.2 Å². The van der Waals surface area contributed by atoms with Gasteiger partial charge in [0, 0.05) is 6.61 Å².